The number of carbonyl (C=O) groups excluding carboxylic acids is 1. The highest BCUT2D eigenvalue weighted by Gasteiger charge is 2.08. The van der Waals surface area contributed by atoms with Crippen molar-refractivity contribution in [1.82, 2.24) is 15.3 Å². The van der Waals surface area contributed by atoms with Crippen LogP contribution < -0.4 is 5.32 Å². The summed E-state index contributed by atoms with van der Waals surface area (Å²) in [4.78, 5) is 23.4. The molecule has 0 aliphatic rings. The van der Waals surface area contributed by atoms with Crippen LogP contribution in [0.25, 0.3) is 10.9 Å². The topological polar surface area (TPSA) is 54.9 Å². The number of nitrogens with zero attached hydrogens (tertiary/aromatic N) is 2. The van der Waals surface area contributed by atoms with Gasteiger partial charge in [-0.1, -0.05) is 12.1 Å². The summed E-state index contributed by atoms with van der Waals surface area (Å²) in [7, 11) is 0. The molecule has 4 nitrogen and oxygen atoms in total. The smallest absolute Gasteiger partial charge is 0.251 e. The van der Waals surface area contributed by atoms with E-state index >= 15 is 0 Å². The predicted octanol–water partition coefficient (Wildman–Crippen LogP) is 4.21. The van der Waals surface area contributed by atoms with E-state index in [-0.39, 0.29) is 5.91 Å². The number of pyridine rings is 2. The Balaban J connectivity index is 1.39. The minimum absolute atomic E-state index is 0.0737. The number of carbonyl (C=O) groups is 1. The Bertz CT molecular complexity index is 1040. The molecule has 1 N–H and O–H groups in total. The molecule has 3 aromatic heterocycles. The lowest BCUT2D eigenvalue weighted by atomic mass is 10.1. The van der Waals surface area contributed by atoms with Crippen LogP contribution in [0.3, 0.4) is 0 Å². The summed E-state index contributed by atoms with van der Waals surface area (Å²) in [6.07, 6.45) is 4.38. The first-order valence-electron chi connectivity index (χ1n) is 8.38. The van der Waals surface area contributed by atoms with Gasteiger partial charge in [0.25, 0.3) is 5.91 Å². The molecule has 0 aliphatic carbocycles. The molecule has 4 rings (SSSR count). The zero-order valence-electron chi connectivity index (χ0n) is 14.1. The molecule has 26 heavy (non-hydrogen) atoms. The van der Waals surface area contributed by atoms with Crippen molar-refractivity contribution < 1.29 is 4.79 Å². The van der Waals surface area contributed by atoms with Crippen LogP contribution in [0.5, 0.6) is 0 Å². The second-order valence-corrected chi connectivity index (χ2v) is 7.21. The van der Waals surface area contributed by atoms with Crippen molar-refractivity contribution in [2.24, 2.45) is 0 Å². The zero-order chi connectivity index (χ0) is 17.8. The summed E-state index contributed by atoms with van der Waals surface area (Å²) in [6, 6.07) is 19.5. The van der Waals surface area contributed by atoms with Crippen molar-refractivity contribution in [3.8, 4) is 0 Å². The number of thiophene rings is 1. The minimum Gasteiger partial charge on any atom is -0.347 e. The molecule has 0 saturated heterocycles. The van der Waals surface area contributed by atoms with Crippen molar-refractivity contribution in [2.75, 3.05) is 0 Å². The largest absolute Gasteiger partial charge is 0.347 e. The molecule has 0 unspecified atom stereocenters. The number of hydrogen-bond donors (Lipinski definition) is 1. The number of fused-ring (bicyclic) bond motifs is 1. The Morgan fingerprint density at radius 2 is 1.81 bits per heavy atom. The van der Waals surface area contributed by atoms with Crippen LogP contribution in [0.4, 0.5) is 0 Å². The van der Waals surface area contributed by atoms with Crippen LogP contribution in [0, 0.1) is 0 Å². The third kappa shape index (κ3) is 3.78. The van der Waals surface area contributed by atoms with E-state index in [4.69, 9.17) is 0 Å². The number of aromatic nitrogens is 2. The first-order chi connectivity index (χ1) is 12.8. The lowest BCUT2D eigenvalue weighted by molar-refractivity contribution is 0.0951. The first kappa shape index (κ1) is 16.4. The lowest BCUT2D eigenvalue weighted by Crippen LogP contribution is -2.22. The van der Waals surface area contributed by atoms with Crippen LogP contribution in [0.2, 0.25) is 0 Å². The second-order valence-electron chi connectivity index (χ2n) is 5.96. The monoisotopic (exact) mass is 359 g/mol. The third-order valence-corrected chi connectivity index (χ3v) is 5.17. The van der Waals surface area contributed by atoms with Crippen molar-refractivity contribution in [1.29, 1.82) is 0 Å². The predicted molar refractivity (Wildman–Crippen MR) is 104 cm³/mol. The SMILES string of the molecule is O=C(NCc1ccc(Cc2ccccn2)s1)c1ccc2ncccc2c1. The van der Waals surface area contributed by atoms with E-state index in [1.807, 2.05) is 54.7 Å². The quantitative estimate of drug-likeness (QED) is 0.581. The van der Waals surface area contributed by atoms with Gasteiger partial charge in [0.2, 0.25) is 0 Å². The number of nitrogens with one attached hydrogen (secondary N) is 1. The van der Waals surface area contributed by atoms with Gasteiger partial charge in [-0.05, 0) is 48.5 Å². The molecule has 5 heteroatoms. The van der Waals surface area contributed by atoms with E-state index in [1.54, 1.807) is 17.5 Å². The van der Waals surface area contributed by atoms with Crippen LogP contribution in [-0.4, -0.2) is 15.9 Å². The van der Waals surface area contributed by atoms with Crippen LogP contribution in [0.15, 0.2) is 73.1 Å². The standard InChI is InChI=1S/C21H17N3OS/c25-21(16-6-9-20-15(12-16)4-3-11-23-20)24-14-19-8-7-18(26-19)13-17-5-1-2-10-22-17/h1-12H,13-14H2,(H,24,25). The minimum atomic E-state index is -0.0737. The van der Waals surface area contributed by atoms with E-state index in [2.05, 4.69) is 27.4 Å². The van der Waals surface area contributed by atoms with E-state index in [9.17, 15) is 4.79 Å². The maximum atomic E-state index is 12.4. The second kappa shape index (κ2) is 7.45. The van der Waals surface area contributed by atoms with Gasteiger partial charge < -0.3 is 5.32 Å². The van der Waals surface area contributed by atoms with Gasteiger partial charge in [-0.15, -0.1) is 11.3 Å². The Labute approximate surface area is 155 Å². The molecule has 3 heterocycles. The van der Waals surface area contributed by atoms with Gasteiger partial charge >= 0.3 is 0 Å². The number of amides is 1. The van der Waals surface area contributed by atoms with Gasteiger partial charge in [0.1, 0.15) is 0 Å². The van der Waals surface area contributed by atoms with Gasteiger partial charge in [0, 0.05) is 45.2 Å². The molecule has 1 amide bonds. The normalized spacial score (nSPS) is 10.8. The highest BCUT2D eigenvalue weighted by atomic mass is 32.1. The third-order valence-electron chi connectivity index (χ3n) is 4.09. The number of rotatable bonds is 5. The summed E-state index contributed by atoms with van der Waals surface area (Å²) < 4.78 is 0. The van der Waals surface area contributed by atoms with E-state index in [1.165, 1.54) is 4.88 Å². The van der Waals surface area contributed by atoms with Gasteiger partial charge in [-0.2, -0.15) is 0 Å². The molecule has 0 radical (unpaired) electrons. The van der Waals surface area contributed by atoms with Crippen molar-refractivity contribution in [3.63, 3.8) is 0 Å². The number of benzene rings is 1. The van der Waals surface area contributed by atoms with Crippen molar-refractivity contribution in [3.05, 3.63) is 94.1 Å². The summed E-state index contributed by atoms with van der Waals surface area (Å²) >= 11 is 1.70. The zero-order valence-corrected chi connectivity index (χ0v) is 14.9. The molecule has 4 aromatic rings. The molecular weight excluding hydrogens is 342 g/mol. The highest BCUT2D eigenvalue weighted by Crippen LogP contribution is 2.19. The van der Waals surface area contributed by atoms with Gasteiger partial charge in [0.15, 0.2) is 0 Å². The molecular formula is C21H17N3OS. The maximum absolute atomic E-state index is 12.4. The van der Waals surface area contributed by atoms with Crippen molar-refractivity contribution >= 4 is 28.1 Å². The summed E-state index contributed by atoms with van der Waals surface area (Å²) in [5.41, 5.74) is 2.59. The molecule has 0 fully saturated rings. The summed E-state index contributed by atoms with van der Waals surface area (Å²) in [5, 5.41) is 3.96. The fourth-order valence-electron chi connectivity index (χ4n) is 2.78. The Morgan fingerprint density at radius 3 is 2.69 bits per heavy atom. The summed E-state index contributed by atoms with van der Waals surface area (Å²) in [6.45, 7) is 0.525. The average molecular weight is 359 g/mol. The number of hydrogen-bond acceptors (Lipinski definition) is 4. The van der Waals surface area contributed by atoms with Crippen molar-refractivity contribution in [2.45, 2.75) is 13.0 Å². The fourth-order valence-corrected chi connectivity index (χ4v) is 3.75. The van der Waals surface area contributed by atoms with Crippen LogP contribution in [0.1, 0.15) is 25.8 Å². The van der Waals surface area contributed by atoms with E-state index in [0.717, 1.165) is 27.9 Å². The first-order valence-corrected chi connectivity index (χ1v) is 9.20. The average Bonchev–Trinajstić information content (AvgIpc) is 3.14. The van der Waals surface area contributed by atoms with Crippen LogP contribution >= 0.6 is 11.3 Å². The lowest BCUT2D eigenvalue weighted by Gasteiger charge is -2.05. The molecule has 0 saturated carbocycles. The Hall–Kier alpha value is -3.05. The Kier molecular flexibility index (Phi) is 4.71. The highest BCUT2D eigenvalue weighted by molar-refractivity contribution is 7.12. The van der Waals surface area contributed by atoms with E-state index in [0.29, 0.717) is 12.1 Å². The molecule has 1 aromatic carbocycles. The van der Waals surface area contributed by atoms with Gasteiger partial charge in [-0.25, -0.2) is 0 Å². The molecule has 0 aliphatic heterocycles. The molecule has 0 bridgehead atoms. The molecule has 0 spiro atoms. The van der Waals surface area contributed by atoms with E-state index < -0.39 is 0 Å². The molecule has 0 atom stereocenters. The maximum Gasteiger partial charge on any atom is 0.251 e. The van der Waals surface area contributed by atoms with Gasteiger partial charge in [0.05, 0.1) is 12.1 Å². The summed E-state index contributed by atoms with van der Waals surface area (Å²) in [5.74, 6) is -0.0737. The molecule has 128 valence electrons. The Morgan fingerprint density at radius 1 is 0.923 bits per heavy atom. The van der Waals surface area contributed by atoms with Gasteiger partial charge in [-0.3, -0.25) is 14.8 Å². The fraction of sp³-hybridized carbons (Fsp3) is 0.0952. The van der Waals surface area contributed by atoms with Crippen LogP contribution in [-0.2, 0) is 13.0 Å².